The summed E-state index contributed by atoms with van der Waals surface area (Å²) in [6.45, 7) is 4.52. The third kappa shape index (κ3) is 3.36. The molecular weight excluding hydrogens is 354 g/mol. The van der Waals surface area contributed by atoms with Crippen molar-refractivity contribution in [1.82, 2.24) is 29.9 Å². The van der Waals surface area contributed by atoms with Gasteiger partial charge in [0.1, 0.15) is 5.69 Å². The second-order valence-electron chi connectivity index (χ2n) is 6.66. The SMILES string of the molecule is Cc1nn(C)c(C)c1-c1ccnc(N(C)Cc2cc(-c3ccccn3)no2)n1. The first-order valence-electron chi connectivity index (χ1n) is 8.94. The van der Waals surface area contributed by atoms with Gasteiger partial charge in [0.05, 0.1) is 23.6 Å². The highest BCUT2D eigenvalue weighted by molar-refractivity contribution is 5.65. The molecule has 4 heterocycles. The monoisotopic (exact) mass is 375 g/mol. The van der Waals surface area contributed by atoms with Crippen LogP contribution >= 0.6 is 0 Å². The molecule has 4 aromatic heterocycles. The second-order valence-corrected chi connectivity index (χ2v) is 6.66. The molecule has 0 amide bonds. The number of anilines is 1. The summed E-state index contributed by atoms with van der Waals surface area (Å²) in [5.74, 6) is 1.32. The van der Waals surface area contributed by atoms with Crippen molar-refractivity contribution >= 4 is 5.95 Å². The Kier molecular flexibility index (Phi) is 4.60. The first-order chi connectivity index (χ1) is 13.5. The van der Waals surface area contributed by atoms with Gasteiger partial charge in [-0.3, -0.25) is 9.67 Å². The zero-order valence-corrected chi connectivity index (χ0v) is 16.3. The molecule has 28 heavy (non-hydrogen) atoms. The van der Waals surface area contributed by atoms with E-state index in [4.69, 9.17) is 9.51 Å². The first kappa shape index (κ1) is 17.8. The third-order valence-corrected chi connectivity index (χ3v) is 4.63. The van der Waals surface area contributed by atoms with Crippen molar-refractivity contribution in [3.8, 4) is 22.6 Å². The van der Waals surface area contributed by atoms with E-state index in [1.54, 1.807) is 12.4 Å². The van der Waals surface area contributed by atoms with E-state index in [2.05, 4.69) is 20.2 Å². The molecule has 4 aromatic rings. The molecular formula is C20H21N7O. The fraction of sp³-hybridized carbons (Fsp3) is 0.250. The Balaban J connectivity index is 1.56. The molecule has 8 heteroatoms. The number of nitrogens with zero attached hydrogens (tertiary/aromatic N) is 7. The number of hydrogen-bond acceptors (Lipinski definition) is 7. The van der Waals surface area contributed by atoms with Crippen molar-refractivity contribution in [3.63, 3.8) is 0 Å². The zero-order chi connectivity index (χ0) is 19.7. The first-order valence-corrected chi connectivity index (χ1v) is 8.94. The largest absolute Gasteiger partial charge is 0.359 e. The number of aromatic nitrogens is 6. The highest BCUT2D eigenvalue weighted by Gasteiger charge is 2.16. The van der Waals surface area contributed by atoms with Gasteiger partial charge in [-0.05, 0) is 32.0 Å². The molecule has 142 valence electrons. The molecule has 4 rings (SSSR count). The molecule has 0 fully saturated rings. The lowest BCUT2D eigenvalue weighted by Gasteiger charge is -2.15. The molecule has 0 radical (unpaired) electrons. The maximum atomic E-state index is 5.47. The molecule has 0 aliphatic heterocycles. The molecule has 0 aromatic carbocycles. The lowest BCUT2D eigenvalue weighted by molar-refractivity contribution is 0.384. The number of rotatable bonds is 5. The predicted molar refractivity (Wildman–Crippen MR) is 106 cm³/mol. The van der Waals surface area contributed by atoms with Gasteiger partial charge < -0.3 is 9.42 Å². The Hall–Kier alpha value is -3.55. The second kappa shape index (κ2) is 7.22. The predicted octanol–water partition coefficient (Wildman–Crippen LogP) is 3.18. The van der Waals surface area contributed by atoms with E-state index in [-0.39, 0.29) is 0 Å². The highest BCUT2D eigenvalue weighted by Crippen LogP contribution is 2.26. The van der Waals surface area contributed by atoms with Crippen LogP contribution in [0, 0.1) is 13.8 Å². The van der Waals surface area contributed by atoms with Gasteiger partial charge >= 0.3 is 0 Å². The van der Waals surface area contributed by atoms with Crippen molar-refractivity contribution in [2.75, 3.05) is 11.9 Å². The van der Waals surface area contributed by atoms with E-state index in [1.807, 2.05) is 67.9 Å². The summed E-state index contributed by atoms with van der Waals surface area (Å²) in [7, 11) is 3.86. The van der Waals surface area contributed by atoms with Crippen LogP contribution in [0.4, 0.5) is 5.95 Å². The van der Waals surface area contributed by atoms with E-state index in [1.165, 1.54) is 0 Å². The van der Waals surface area contributed by atoms with E-state index < -0.39 is 0 Å². The van der Waals surface area contributed by atoms with Crippen LogP contribution in [-0.2, 0) is 13.6 Å². The quantitative estimate of drug-likeness (QED) is 0.529. The molecule has 0 bridgehead atoms. The Morgan fingerprint density at radius 3 is 2.61 bits per heavy atom. The Morgan fingerprint density at radius 1 is 1.04 bits per heavy atom. The van der Waals surface area contributed by atoms with Gasteiger partial charge in [-0.2, -0.15) is 5.10 Å². The maximum Gasteiger partial charge on any atom is 0.226 e. The van der Waals surface area contributed by atoms with Gasteiger partial charge in [0.2, 0.25) is 5.95 Å². The summed E-state index contributed by atoms with van der Waals surface area (Å²) >= 11 is 0. The maximum absolute atomic E-state index is 5.47. The molecule has 0 aliphatic carbocycles. The Morgan fingerprint density at radius 2 is 1.89 bits per heavy atom. The summed E-state index contributed by atoms with van der Waals surface area (Å²) in [4.78, 5) is 15.3. The van der Waals surface area contributed by atoms with Crippen LogP contribution < -0.4 is 4.90 Å². The van der Waals surface area contributed by atoms with Crippen molar-refractivity contribution in [3.05, 3.63) is 59.9 Å². The number of hydrogen-bond donors (Lipinski definition) is 0. The number of pyridine rings is 1. The molecule has 0 spiro atoms. The summed E-state index contributed by atoms with van der Waals surface area (Å²) < 4.78 is 7.33. The van der Waals surface area contributed by atoms with E-state index >= 15 is 0 Å². The van der Waals surface area contributed by atoms with Crippen LogP contribution in [-0.4, -0.2) is 36.9 Å². The van der Waals surface area contributed by atoms with Crippen LogP contribution in [0.3, 0.4) is 0 Å². The van der Waals surface area contributed by atoms with E-state index in [0.717, 1.165) is 28.3 Å². The Bertz CT molecular complexity index is 1100. The van der Waals surface area contributed by atoms with E-state index in [9.17, 15) is 0 Å². The van der Waals surface area contributed by atoms with Crippen molar-refractivity contribution in [2.24, 2.45) is 7.05 Å². The lowest BCUT2D eigenvalue weighted by atomic mass is 10.1. The minimum absolute atomic E-state index is 0.494. The van der Waals surface area contributed by atoms with Gasteiger partial charge in [0.25, 0.3) is 0 Å². The van der Waals surface area contributed by atoms with Crippen LogP contribution in [0.25, 0.3) is 22.6 Å². The van der Waals surface area contributed by atoms with Crippen molar-refractivity contribution in [1.29, 1.82) is 0 Å². The van der Waals surface area contributed by atoms with Crippen LogP contribution in [0.5, 0.6) is 0 Å². The molecule has 0 saturated heterocycles. The van der Waals surface area contributed by atoms with Crippen molar-refractivity contribution < 1.29 is 4.52 Å². The summed E-state index contributed by atoms with van der Waals surface area (Å²) in [6, 6.07) is 9.48. The average molecular weight is 375 g/mol. The van der Waals surface area contributed by atoms with Crippen LogP contribution in [0.2, 0.25) is 0 Å². The topological polar surface area (TPSA) is 85.8 Å². The Labute approximate surface area is 162 Å². The minimum atomic E-state index is 0.494. The minimum Gasteiger partial charge on any atom is -0.359 e. The highest BCUT2D eigenvalue weighted by atomic mass is 16.5. The van der Waals surface area contributed by atoms with E-state index in [0.29, 0.717) is 23.9 Å². The zero-order valence-electron chi connectivity index (χ0n) is 16.3. The lowest BCUT2D eigenvalue weighted by Crippen LogP contribution is -2.18. The fourth-order valence-electron chi connectivity index (χ4n) is 3.14. The third-order valence-electron chi connectivity index (χ3n) is 4.63. The molecule has 0 unspecified atom stereocenters. The van der Waals surface area contributed by atoms with Gasteiger partial charge in [0.15, 0.2) is 5.76 Å². The summed E-state index contributed by atoms with van der Waals surface area (Å²) in [6.07, 6.45) is 3.50. The number of aryl methyl sites for hydroxylation is 2. The summed E-state index contributed by atoms with van der Waals surface area (Å²) in [5.41, 5.74) is 5.40. The normalized spacial score (nSPS) is 11.0. The molecule has 0 N–H and O–H groups in total. The standard InChI is InChI=1S/C20H21N7O/c1-13-19(14(2)27(4)24-13)17-8-10-22-20(23-17)26(3)12-15-11-18(25-28-15)16-7-5-6-9-21-16/h5-11H,12H2,1-4H3. The average Bonchev–Trinajstić information content (AvgIpc) is 3.27. The molecule has 0 saturated carbocycles. The van der Waals surface area contributed by atoms with Gasteiger partial charge in [-0.25, -0.2) is 9.97 Å². The van der Waals surface area contributed by atoms with Crippen LogP contribution in [0.1, 0.15) is 17.1 Å². The van der Waals surface area contributed by atoms with Crippen molar-refractivity contribution in [2.45, 2.75) is 20.4 Å². The fourth-order valence-corrected chi connectivity index (χ4v) is 3.14. The van der Waals surface area contributed by atoms with Crippen LogP contribution in [0.15, 0.2) is 47.2 Å². The van der Waals surface area contributed by atoms with Gasteiger partial charge in [-0.1, -0.05) is 11.2 Å². The van der Waals surface area contributed by atoms with Gasteiger partial charge in [-0.15, -0.1) is 0 Å². The molecule has 8 nitrogen and oxygen atoms in total. The molecule has 0 aliphatic rings. The summed E-state index contributed by atoms with van der Waals surface area (Å²) in [5, 5.41) is 8.58. The van der Waals surface area contributed by atoms with Gasteiger partial charge in [0, 0.05) is 43.8 Å². The smallest absolute Gasteiger partial charge is 0.226 e. The molecule has 0 atom stereocenters.